The molecule has 0 spiro atoms. The number of hydrogen-bond donors (Lipinski definition) is 1. The van der Waals surface area contributed by atoms with Gasteiger partial charge in [0.1, 0.15) is 6.04 Å². The summed E-state index contributed by atoms with van der Waals surface area (Å²) in [7, 11) is 0. The van der Waals surface area contributed by atoms with E-state index in [2.05, 4.69) is 18.0 Å². The Morgan fingerprint density at radius 3 is 3.15 bits per heavy atom. The molecule has 1 aliphatic rings. The zero-order chi connectivity index (χ0) is 9.52. The average molecular weight is 180 g/mol. The number of nitrogens with one attached hydrogen (secondary N) is 1. The van der Waals surface area contributed by atoms with Crippen molar-refractivity contribution in [3.8, 4) is 6.07 Å². The van der Waals surface area contributed by atoms with Crippen LogP contribution in [0.15, 0.2) is 12.7 Å². The fourth-order valence-electron chi connectivity index (χ4n) is 1.56. The Hall–Kier alpha value is -0.850. The molecule has 1 fully saturated rings. The summed E-state index contributed by atoms with van der Waals surface area (Å²) in [6, 6.07) is 2.18. The van der Waals surface area contributed by atoms with E-state index < -0.39 is 0 Å². The van der Waals surface area contributed by atoms with E-state index in [4.69, 9.17) is 10.00 Å². The van der Waals surface area contributed by atoms with Crippen LogP contribution in [0.5, 0.6) is 0 Å². The van der Waals surface area contributed by atoms with Crippen molar-refractivity contribution in [2.24, 2.45) is 5.92 Å². The normalized spacial score (nSPS) is 24.7. The highest BCUT2D eigenvalue weighted by atomic mass is 16.5. The summed E-state index contributed by atoms with van der Waals surface area (Å²) in [4.78, 5) is 0. The molecule has 0 aromatic heterocycles. The van der Waals surface area contributed by atoms with Crippen molar-refractivity contribution >= 4 is 0 Å². The van der Waals surface area contributed by atoms with Crippen molar-refractivity contribution in [1.29, 1.82) is 5.26 Å². The third kappa shape index (κ3) is 3.17. The second kappa shape index (κ2) is 5.74. The van der Waals surface area contributed by atoms with Gasteiger partial charge in [-0.15, -0.1) is 6.58 Å². The van der Waals surface area contributed by atoms with Crippen LogP contribution in [0.4, 0.5) is 0 Å². The van der Waals surface area contributed by atoms with E-state index in [0.29, 0.717) is 19.1 Å². The van der Waals surface area contributed by atoms with E-state index in [9.17, 15) is 0 Å². The summed E-state index contributed by atoms with van der Waals surface area (Å²) in [6.45, 7) is 5.85. The highest BCUT2D eigenvalue weighted by molar-refractivity contribution is 4.96. The van der Waals surface area contributed by atoms with E-state index in [1.807, 2.05) is 0 Å². The number of hydrogen-bond acceptors (Lipinski definition) is 3. The predicted octanol–water partition coefficient (Wildman–Crippen LogP) is 1.08. The van der Waals surface area contributed by atoms with Crippen LogP contribution in [-0.2, 0) is 4.74 Å². The van der Waals surface area contributed by atoms with Gasteiger partial charge in [-0.1, -0.05) is 6.08 Å². The molecule has 0 aromatic carbocycles. The molecule has 72 valence electrons. The molecule has 13 heavy (non-hydrogen) atoms. The number of nitrogens with zero attached hydrogens (tertiary/aromatic N) is 1. The number of ether oxygens (including phenoxy) is 1. The summed E-state index contributed by atoms with van der Waals surface area (Å²) in [5.74, 6) is 0.346. The van der Waals surface area contributed by atoms with Crippen LogP contribution in [0.3, 0.4) is 0 Å². The summed E-state index contributed by atoms with van der Waals surface area (Å²) in [5.41, 5.74) is 0. The Morgan fingerprint density at radius 1 is 1.77 bits per heavy atom. The van der Waals surface area contributed by atoms with Gasteiger partial charge in [0.15, 0.2) is 0 Å². The van der Waals surface area contributed by atoms with Crippen LogP contribution < -0.4 is 5.32 Å². The van der Waals surface area contributed by atoms with Crippen LogP contribution in [-0.4, -0.2) is 25.8 Å². The molecule has 1 heterocycles. The molecule has 1 N–H and O–H groups in total. The molecule has 3 nitrogen and oxygen atoms in total. The van der Waals surface area contributed by atoms with Crippen LogP contribution >= 0.6 is 0 Å². The van der Waals surface area contributed by atoms with Crippen LogP contribution in [0, 0.1) is 17.2 Å². The van der Waals surface area contributed by atoms with Crippen molar-refractivity contribution in [3.63, 3.8) is 0 Å². The van der Waals surface area contributed by atoms with Crippen molar-refractivity contribution in [2.75, 3.05) is 19.8 Å². The summed E-state index contributed by atoms with van der Waals surface area (Å²) in [6.07, 6.45) is 3.93. The molecule has 0 aliphatic carbocycles. The minimum Gasteiger partial charge on any atom is -0.381 e. The van der Waals surface area contributed by atoms with Gasteiger partial charge in [0.25, 0.3) is 0 Å². The lowest BCUT2D eigenvalue weighted by Gasteiger charge is -2.26. The smallest absolute Gasteiger partial charge is 0.101 e. The maximum atomic E-state index is 8.90. The molecule has 0 amide bonds. The zero-order valence-corrected chi connectivity index (χ0v) is 7.83. The first kappa shape index (κ1) is 10.2. The third-order valence-electron chi connectivity index (χ3n) is 2.29. The van der Waals surface area contributed by atoms with Gasteiger partial charge in [-0.25, -0.2) is 0 Å². The molecule has 1 aliphatic heterocycles. The van der Waals surface area contributed by atoms with E-state index in [0.717, 1.165) is 19.4 Å². The van der Waals surface area contributed by atoms with Crippen molar-refractivity contribution in [1.82, 2.24) is 5.32 Å². The van der Waals surface area contributed by atoms with Gasteiger partial charge < -0.3 is 4.74 Å². The Labute approximate surface area is 79.4 Å². The SMILES string of the molecule is C=CCNC(C#N)C1CCCOC1. The number of rotatable bonds is 4. The van der Waals surface area contributed by atoms with E-state index in [1.165, 1.54) is 0 Å². The lowest BCUT2D eigenvalue weighted by molar-refractivity contribution is 0.0472. The first-order valence-corrected chi connectivity index (χ1v) is 4.70. The van der Waals surface area contributed by atoms with E-state index in [-0.39, 0.29) is 6.04 Å². The molecule has 0 radical (unpaired) electrons. The standard InChI is InChI=1S/C10H16N2O/c1-2-5-12-10(7-11)9-4-3-6-13-8-9/h2,9-10,12H,1,3-6,8H2. The molecule has 1 rings (SSSR count). The van der Waals surface area contributed by atoms with Crippen molar-refractivity contribution in [3.05, 3.63) is 12.7 Å². The van der Waals surface area contributed by atoms with Gasteiger partial charge in [-0.05, 0) is 12.8 Å². The molecule has 0 bridgehead atoms. The second-order valence-electron chi connectivity index (χ2n) is 3.28. The first-order chi connectivity index (χ1) is 6.38. The van der Waals surface area contributed by atoms with Crippen LogP contribution in [0.1, 0.15) is 12.8 Å². The van der Waals surface area contributed by atoms with Gasteiger partial charge >= 0.3 is 0 Å². The minimum absolute atomic E-state index is 0.0849. The predicted molar refractivity (Wildman–Crippen MR) is 51.1 cm³/mol. The van der Waals surface area contributed by atoms with Crippen molar-refractivity contribution < 1.29 is 4.74 Å². The first-order valence-electron chi connectivity index (χ1n) is 4.70. The van der Waals surface area contributed by atoms with Crippen LogP contribution in [0.2, 0.25) is 0 Å². The fourth-order valence-corrected chi connectivity index (χ4v) is 1.56. The zero-order valence-electron chi connectivity index (χ0n) is 7.83. The third-order valence-corrected chi connectivity index (χ3v) is 2.29. The monoisotopic (exact) mass is 180 g/mol. The highest BCUT2D eigenvalue weighted by Gasteiger charge is 2.22. The van der Waals surface area contributed by atoms with Gasteiger partial charge in [0.2, 0.25) is 0 Å². The molecular weight excluding hydrogens is 164 g/mol. The Kier molecular flexibility index (Phi) is 4.52. The van der Waals surface area contributed by atoms with Gasteiger partial charge in [0.05, 0.1) is 12.7 Å². The van der Waals surface area contributed by atoms with E-state index in [1.54, 1.807) is 6.08 Å². The summed E-state index contributed by atoms with van der Waals surface area (Å²) < 4.78 is 5.33. The maximum absolute atomic E-state index is 8.90. The van der Waals surface area contributed by atoms with Gasteiger partial charge in [-0.2, -0.15) is 5.26 Å². The maximum Gasteiger partial charge on any atom is 0.101 e. The largest absolute Gasteiger partial charge is 0.381 e. The molecule has 0 aromatic rings. The van der Waals surface area contributed by atoms with E-state index >= 15 is 0 Å². The molecular formula is C10H16N2O. The van der Waals surface area contributed by atoms with Gasteiger partial charge in [0, 0.05) is 19.1 Å². The number of nitriles is 1. The van der Waals surface area contributed by atoms with Gasteiger partial charge in [-0.3, -0.25) is 5.32 Å². The lowest BCUT2D eigenvalue weighted by atomic mass is 9.94. The molecule has 0 saturated carbocycles. The van der Waals surface area contributed by atoms with Crippen molar-refractivity contribution in [2.45, 2.75) is 18.9 Å². The highest BCUT2D eigenvalue weighted by Crippen LogP contribution is 2.16. The fraction of sp³-hybridized carbons (Fsp3) is 0.700. The molecule has 3 heteroatoms. The molecule has 2 unspecified atom stereocenters. The Balaban J connectivity index is 2.35. The quantitative estimate of drug-likeness (QED) is 0.658. The molecule has 1 saturated heterocycles. The summed E-state index contributed by atoms with van der Waals surface area (Å²) >= 11 is 0. The minimum atomic E-state index is -0.0849. The Bertz CT molecular complexity index is 192. The Morgan fingerprint density at radius 2 is 2.62 bits per heavy atom. The molecule has 2 atom stereocenters. The average Bonchev–Trinajstić information content (AvgIpc) is 2.21. The lowest BCUT2D eigenvalue weighted by Crippen LogP contribution is -2.39. The van der Waals surface area contributed by atoms with Crippen LogP contribution in [0.25, 0.3) is 0 Å². The second-order valence-corrected chi connectivity index (χ2v) is 3.28. The summed E-state index contributed by atoms with van der Waals surface area (Å²) in [5, 5.41) is 12.0. The topological polar surface area (TPSA) is 45.0 Å².